The molecule has 1 heterocycles. The van der Waals surface area contributed by atoms with Crippen molar-refractivity contribution in [3.05, 3.63) is 75.2 Å². The van der Waals surface area contributed by atoms with Crippen molar-refractivity contribution in [1.82, 2.24) is 4.98 Å². The molecule has 2 aromatic carbocycles. The molecule has 1 aromatic heterocycles. The maximum Gasteiger partial charge on any atom is 0.340 e. The summed E-state index contributed by atoms with van der Waals surface area (Å²) in [5, 5.41) is 8.38. The molecule has 0 aliphatic carbocycles. The Morgan fingerprint density at radius 1 is 1.10 bits per heavy atom. The highest BCUT2D eigenvalue weighted by atomic mass is 32.1. The zero-order chi connectivity index (χ0) is 20.8. The van der Waals surface area contributed by atoms with E-state index < -0.39 is 5.97 Å². The third-order valence-corrected chi connectivity index (χ3v) is 5.24. The molecule has 1 amide bonds. The lowest BCUT2D eigenvalue weighted by Crippen LogP contribution is -2.15. The largest absolute Gasteiger partial charge is 0.455 e. The highest BCUT2D eigenvalue weighted by Crippen LogP contribution is 2.19. The molecular formula is C22H23N3O3S. The Bertz CT molecular complexity index is 1030. The van der Waals surface area contributed by atoms with Gasteiger partial charge in [-0.2, -0.15) is 0 Å². The summed E-state index contributed by atoms with van der Waals surface area (Å²) < 4.78 is 5.36. The number of rotatable bonds is 7. The van der Waals surface area contributed by atoms with Gasteiger partial charge in [0.1, 0.15) is 11.6 Å². The third kappa shape index (κ3) is 5.42. The summed E-state index contributed by atoms with van der Waals surface area (Å²) in [6.07, 6.45) is 0.175. The molecule has 3 rings (SSSR count). The van der Waals surface area contributed by atoms with Gasteiger partial charge in [0, 0.05) is 23.8 Å². The number of hydrogen-bond donors (Lipinski definition) is 2. The average Bonchev–Trinajstić information content (AvgIpc) is 3.16. The molecule has 29 heavy (non-hydrogen) atoms. The van der Waals surface area contributed by atoms with Gasteiger partial charge in [-0.25, -0.2) is 9.78 Å². The van der Waals surface area contributed by atoms with Gasteiger partial charge in [0.05, 0.1) is 17.7 Å². The first-order chi connectivity index (χ1) is 14.0. The van der Waals surface area contributed by atoms with Gasteiger partial charge < -0.3 is 15.4 Å². The quantitative estimate of drug-likeness (QED) is 0.568. The van der Waals surface area contributed by atoms with Crippen LogP contribution in [0.2, 0.25) is 0 Å². The lowest BCUT2D eigenvalue weighted by atomic mass is 10.1. The fourth-order valence-electron chi connectivity index (χ4n) is 2.80. The number of aromatic nitrogens is 1. The van der Waals surface area contributed by atoms with E-state index in [9.17, 15) is 9.59 Å². The number of benzene rings is 2. The molecule has 150 valence electrons. The number of anilines is 2. The summed E-state index contributed by atoms with van der Waals surface area (Å²) in [5.41, 5.74) is 4.71. The van der Waals surface area contributed by atoms with Crippen molar-refractivity contribution in [2.45, 2.75) is 26.9 Å². The molecule has 2 N–H and O–H groups in total. The second kappa shape index (κ2) is 9.34. The van der Waals surface area contributed by atoms with Gasteiger partial charge in [-0.05, 0) is 43.2 Å². The number of nitrogens with zero attached hydrogens (tertiary/aromatic N) is 1. The van der Waals surface area contributed by atoms with Crippen LogP contribution in [-0.4, -0.2) is 23.9 Å². The lowest BCUT2D eigenvalue weighted by molar-refractivity contribution is -0.115. The Morgan fingerprint density at radius 3 is 2.69 bits per heavy atom. The minimum Gasteiger partial charge on any atom is -0.455 e. The second-order valence-electron chi connectivity index (χ2n) is 6.65. The number of esters is 1. The molecular weight excluding hydrogens is 386 g/mol. The molecule has 0 aliphatic heterocycles. The molecule has 0 saturated carbocycles. The molecule has 0 fully saturated rings. The van der Waals surface area contributed by atoms with E-state index in [1.54, 1.807) is 24.6 Å². The Morgan fingerprint density at radius 2 is 1.90 bits per heavy atom. The summed E-state index contributed by atoms with van der Waals surface area (Å²) in [6.45, 7) is 4.00. The van der Waals surface area contributed by atoms with Crippen LogP contribution >= 0.6 is 11.3 Å². The van der Waals surface area contributed by atoms with Gasteiger partial charge in [0.2, 0.25) is 5.91 Å². The molecule has 3 aromatic rings. The standard InChI is InChI=1S/C22H23N3O3S/c1-14-8-9-15(2)19(10-14)25-20(26)11-21-24-16(13-29-21)12-28-22(27)17-6-4-5-7-18(17)23-3/h4-10,13,23H,11-12H2,1-3H3,(H,25,26). The highest BCUT2D eigenvalue weighted by Gasteiger charge is 2.14. The first kappa shape index (κ1) is 20.5. The number of aryl methyl sites for hydroxylation is 2. The van der Waals surface area contributed by atoms with Crippen LogP contribution in [0.5, 0.6) is 0 Å². The molecule has 0 atom stereocenters. The second-order valence-corrected chi connectivity index (χ2v) is 7.59. The fraction of sp³-hybridized carbons (Fsp3) is 0.227. The summed E-state index contributed by atoms with van der Waals surface area (Å²) in [7, 11) is 1.75. The summed E-state index contributed by atoms with van der Waals surface area (Å²) in [5.74, 6) is -0.545. The summed E-state index contributed by atoms with van der Waals surface area (Å²) >= 11 is 1.38. The van der Waals surface area contributed by atoms with Crippen molar-refractivity contribution >= 4 is 34.6 Å². The maximum atomic E-state index is 12.3. The van der Waals surface area contributed by atoms with E-state index >= 15 is 0 Å². The van der Waals surface area contributed by atoms with Crippen molar-refractivity contribution in [1.29, 1.82) is 0 Å². The molecule has 0 aliphatic rings. The molecule has 7 heteroatoms. The molecule has 0 saturated heterocycles. The SMILES string of the molecule is CNc1ccccc1C(=O)OCc1csc(CC(=O)Nc2cc(C)ccc2C)n1. The predicted octanol–water partition coefficient (Wildman–Crippen LogP) is 4.34. The van der Waals surface area contributed by atoms with Crippen molar-refractivity contribution in [3.8, 4) is 0 Å². The summed E-state index contributed by atoms with van der Waals surface area (Å²) in [6, 6.07) is 13.1. The monoisotopic (exact) mass is 409 g/mol. The van der Waals surface area contributed by atoms with E-state index in [4.69, 9.17) is 4.74 Å². The number of ether oxygens (including phenoxy) is 1. The number of thiazole rings is 1. The topological polar surface area (TPSA) is 80.3 Å². The van der Waals surface area contributed by atoms with Crippen LogP contribution < -0.4 is 10.6 Å². The number of carbonyl (C=O) groups excluding carboxylic acids is 2. The van der Waals surface area contributed by atoms with E-state index in [0.29, 0.717) is 22.0 Å². The average molecular weight is 410 g/mol. The Labute approximate surface area is 173 Å². The number of carbonyl (C=O) groups is 2. The first-order valence-corrected chi connectivity index (χ1v) is 10.1. The number of amides is 1. The number of nitrogens with one attached hydrogen (secondary N) is 2. The van der Waals surface area contributed by atoms with Crippen LogP contribution in [0.1, 0.15) is 32.2 Å². The number of para-hydroxylation sites is 1. The maximum absolute atomic E-state index is 12.3. The molecule has 6 nitrogen and oxygen atoms in total. The lowest BCUT2D eigenvalue weighted by Gasteiger charge is -2.08. The Balaban J connectivity index is 1.56. The van der Waals surface area contributed by atoms with E-state index in [2.05, 4.69) is 15.6 Å². The number of hydrogen-bond acceptors (Lipinski definition) is 6. The van der Waals surface area contributed by atoms with Gasteiger partial charge in [0.15, 0.2) is 0 Å². The van der Waals surface area contributed by atoms with E-state index in [-0.39, 0.29) is 18.9 Å². The van der Waals surface area contributed by atoms with E-state index in [1.807, 2.05) is 44.2 Å². The van der Waals surface area contributed by atoms with Crippen LogP contribution in [0, 0.1) is 13.8 Å². The third-order valence-electron chi connectivity index (χ3n) is 4.35. The van der Waals surface area contributed by atoms with Crippen LogP contribution in [0.15, 0.2) is 47.8 Å². The Hall–Kier alpha value is -3.19. The predicted molar refractivity (Wildman–Crippen MR) is 115 cm³/mol. The van der Waals surface area contributed by atoms with Crippen LogP contribution in [0.4, 0.5) is 11.4 Å². The molecule has 0 bridgehead atoms. The van der Waals surface area contributed by atoms with Crippen molar-refractivity contribution < 1.29 is 14.3 Å². The minimum absolute atomic E-state index is 0.0615. The van der Waals surface area contributed by atoms with Crippen LogP contribution in [0.3, 0.4) is 0 Å². The van der Waals surface area contributed by atoms with Gasteiger partial charge in [0.25, 0.3) is 0 Å². The van der Waals surface area contributed by atoms with Crippen molar-refractivity contribution in [2.24, 2.45) is 0 Å². The van der Waals surface area contributed by atoms with Crippen molar-refractivity contribution in [2.75, 3.05) is 17.7 Å². The van der Waals surface area contributed by atoms with Crippen LogP contribution in [-0.2, 0) is 22.6 Å². The van der Waals surface area contributed by atoms with E-state index in [0.717, 1.165) is 16.8 Å². The smallest absolute Gasteiger partial charge is 0.340 e. The van der Waals surface area contributed by atoms with E-state index in [1.165, 1.54) is 11.3 Å². The van der Waals surface area contributed by atoms with Crippen LogP contribution in [0.25, 0.3) is 0 Å². The molecule has 0 unspecified atom stereocenters. The first-order valence-electron chi connectivity index (χ1n) is 9.20. The van der Waals surface area contributed by atoms with Gasteiger partial charge in [-0.1, -0.05) is 24.3 Å². The molecule has 0 radical (unpaired) electrons. The Kier molecular flexibility index (Phi) is 6.61. The minimum atomic E-state index is -0.419. The van der Waals surface area contributed by atoms with Gasteiger partial charge >= 0.3 is 5.97 Å². The van der Waals surface area contributed by atoms with Gasteiger partial charge in [-0.15, -0.1) is 11.3 Å². The highest BCUT2D eigenvalue weighted by molar-refractivity contribution is 7.09. The normalized spacial score (nSPS) is 10.4. The summed E-state index contributed by atoms with van der Waals surface area (Å²) in [4.78, 5) is 29.0. The van der Waals surface area contributed by atoms with Crippen molar-refractivity contribution in [3.63, 3.8) is 0 Å². The zero-order valence-electron chi connectivity index (χ0n) is 16.6. The fourth-order valence-corrected chi connectivity index (χ4v) is 3.57. The van der Waals surface area contributed by atoms with Gasteiger partial charge in [-0.3, -0.25) is 4.79 Å². The zero-order valence-corrected chi connectivity index (χ0v) is 17.4. The molecule has 0 spiro atoms.